The first-order valence-electron chi connectivity index (χ1n) is 7.51. The fraction of sp³-hybridized carbons (Fsp3) is 0.125. The predicted octanol–water partition coefficient (Wildman–Crippen LogP) is 3.57. The molecule has 1 aromatic carbocycles. The molecule has 2 aromatic rings. The summed E-state index contributed by atoms with van der Waals surface area (Å²) in [4.78, 5) is 0. The molecule has 0 aliphatic rings. The van der Waals surface area contributed by atoms with E-state index in [1.54, 1.807) is 7.11 Å². The molecular weight excluding hydrogens is 863 g/mol. The molecule has 0 bridgehead atoms. The van der Waals surface area contributed by atoms with E-state index >= 15 is 0 Å². The minimum atomic E-state index is -0.351. The van der Waals surface area contributed by atoms with Gasteiger partial charge in [-0.25, -0.2) is 0 Å². The summed E-state index contributed by atoms with van der Waals surface area (Å²) in [6, 6.07) is 10.7. The number of methoxy groups -OCH3 is 1. The van der Waals surface area contributed by atoms with Crippen molar-refractivity contribution in [3.8, 4) is 5.30 Å². The van der Waals surface area contributed by atoms with E-state index in [4.69, 9.17) is 51.3 Å². The van der Waals surface area contributed by atoms with Crippen molar-refractivity contribution in [1.29, 1.82) is 0 Å². The molecule has 0 saturated heterocycles. The summed E-state index contributed by atoms with van der Waals surface area (Å²) in [6.07, 6.45) is 0. The van der Waals surface area contributed by atoms with Crippen LogP contribution in [-0.4, -0.2) is 11.2 Å². The van der Waals surface area contributed by atoms with E-state index in [0.29, 0.717) is 0 Å². The zero-order valence-electron chi connectivity index (χ0n) is 19.7. The van der Waals surface area contributed by atoms with Gasteiger partial charge in [-0.1, -0.05) is 0 Å². The minimum absolute atomic E-state index is 0. The minimum Gasteiger partial charge on any atom is 0 e. The maximum atomic E-state index is 7.50. The number of benzene rings is 1. The largest absolute Gasteiger partial charge is 0 e. The summed E-state index contributed by atoms with van der Waals surface area (Å²) in [5, 5.41) is 2.82. The van der Waals surface area contributed by atoms with E-state index in [1.807, 2.05) is 0 Å². The third-order valence-corrected chi connectivity index (χ3v) is 7.37. The summed E-state index contributed by atoms with van der Waals surface area (Å²) in [5.41, 5.74) is 2.79. The molecule has 1 aromatic heterocycles. The Hall–Kier alpha value is -2.39. The van der Waals surface area contributed by atoms with Crippen molar-refractivity contribution >= 4 is 11.6 Å². The number of rotatable bonds is 3. The molecule has 1 unspecified atom stereocenters. The Kier molecular flexibility index (Phi) is 131. The van der Waals surface area contributed by atoms with Crippen molar-refractivity contribution in [3.63, 3.8) is 0 Å². The Bertz CT molecular complexity index is 877. The molecule has 2 rings (SSSR count). The molecule has 0 radical (unpaired) electrons. The maximum Gasteiger partial charge on any atom is 0 e. The molecule has 194 valence electrons. The predicted molar refractivity (Wildman–Crippen MR) is 110 cm³/mol. The molecule has 0 fully saturated rings. The van der Waals surface area contributed by atoms with Crippen LogP contribution in [0.2, 0.25) is 0 Å². The van der Waals surface area contributed by atoms with Gasteiger partial charge in [-0.2, -0.15) is 0 Å². The normalized spacial score (nSPS) is 5.71. The van der Waals surface area contributed by atoms with Crippen LogP contribution in [0.5, 0.6) is 0 Å². The Morgan fingerprint density at radius 3 is 1.18 bits per heavy atom. The Morgan fingerprint density at radius 2 is 0.921 bits per heavy atom. The molecule has 0 amide bonds. The molecule has 0 saturated carbocycles. The topological polar surface area (TPSA) is 208 Å². The van der Waals surface area contributed by atoms with Crippen molar-refractivity contribution in [1.82, 2.24) is 0 Å². The van der Waals surface area contributed by atoms with E-state index in [9.17, 15) is 0 Å². The fourth-order valence-electron chi connectivity index (χ4n) is 1.86. The van der Waals surface area contributed by atoms with E-state index < -0.39 is 0 Å². The summed E-state index contributed by atoms with van der Waals surface area (Å²) in [6.45, 7) is 49.4. The second kappa shape index (κ2) is 76.5. The number of aryl methyl sites for hydroxylation is 1. The van der Waals surface area contributed by atoms with E-state index in [0.717, 1.165) is 4.08 Å². The first-order valence-corrected chi connectivity index (χ1v) is 10.4. The standard InChI is InChI=1S/C14H15OP.10CO.2W/c1-11-10-16(13-7-5-4-6-8-13)14(9-15-3)12(11)2;10*1-2;;/h4-8,10H,1-3H3;;;;;;;;;;;;. The first kappa shape index (κ1) is 65.0. The van der Waals surface area contributed by atoms with Crippen LogP contribution < -0.4 is 0 Å². The van der Waals surface area contributed by atoms with Crippen LogP contribution in [0.1, 0.15) is 16.4 Å². The fourth-order valence-corrected chi connectivity index (χ4v) is 5.91. The van der Waals surface area contributed by atoms with Gasteiger partial charge in [0.05, 0.1) is 0 Å². The van der Waals surface area contributed by atoms with Crippen LogP contribution in [0, 0.1) is 80.4 Å². The van der Waals surface area contributed by atoms with Crippen LogP contribution in [0.15, 0.2) is 36.1 Å². The molecule has 14 heteroatoms. The second-order valence-corrected chi connectivity index (χ2v) is 7.28. The van der Waals surface area contributed by atoms with E-state index in [2.05, 4.69) is 116 Å². The quantitative estimate of drug-likeness (QED) is 0.329. The van der Waals surface area contributed by atoms with Crippen LogP contribution in [0.25, 0.3) is 5.30 Å². The molecule has 1 atom stereocenters. The molecular formula is C24H15O11PW2. The summed E-state index contributed by atoms with van der Waals surface area (Å²) >= 11 is 1.41. The zero-order valence-corrected chi connectivity index (χ0v) is 26.5. The molecule has 38 heavy (non-hydrogen) atoms. The monoisotopic (exact) mass is 878 g/mol. The first-order chi connectivity index (χ1) is 18.1. The van der Waals surface area contributed by atoms with Gasteiger partial charge in [0, 0.05) is 21.1 Å². The second-order valence-electron chi connectivity index (χ2n) is 3.98. The average molecular weight is 878 g/mol. The van der Waals surface area contributed by atoms with Gasteiger partial charge in [0.1, 0.15) is 0 Å². The molecule has 0 spiro atoms. The smallest absolute Gasteiger partial charge is 0 e. The van der Waals surface area contributed by atoms with Crippen LogP contribution in [0.3, 0.4) is 0 Å². The third kappa shape index (κ3) is 35.8. The molecule has 11 nitrogen and oxygen atoms in total. The van der Waals surface area contributed by atoms with Crippen molar-refractivity contribution in [2.24, 2.45) is 0 Å². The zero-order chi connectivity index (χ0) is 32.4. The van der Waals surface area contributed by atoms with E-state index in [-0.39, 0.29) is 28.6 Å². The molecule has 0 aliphatic carbocycles. The van der Waals surface area contributed by atoms with Crippen LogP contribution in [-0.2, 0) is 91.7 Å². The molecule has 0 aliphatic heterocycles. The maximum absolute atomic E-state index is 7.50. The van der Waals surface area contributed by atoms with E-state index in [1.165, 1.54) is 41.1 Å². The number of hydrogen-bond acceptors (Lipinski definition) is 1. The van der Waals surface area contributed by atoms with Crippen molar-refractivity contribution in [2.45, 2.75) is 13.8 Å². The van der Waals surface area contributed by atoms with Crippen molar-refractivity contribution < 1.29 is 91.7 Å². The van der Waals surface area contributed by atoms with Gasteiger partial charge in [0.2, 0.25) is 0 Å². The number of ether oxygens (including phenoxy) is 1. The van der Waals surface area contributed by atoms with Gasteiger partial charge in [-0.15, -0.1) is 0 Å². The van der Waals surface area contributed by atoms with Crippen molar-refractivity contribution in [3.05, 3.63) is 119 Å². The van der Waals surface area contributed by atoms with Gasteiger partial charge >= 0.3 is 228 Å². The molecule has 0 N–H and O–H groups in total. The number of hydrogen-bond donors (Lipinski definition) is 0. The summed E-state index contributed by atoms with van der Waals surface area (Å²) in [7, 11) is 1.42. The summed E-state index contributed by atoms with van der Waals surface area (Å²) < 4.78 is 81.6. The third-order valence-electron chi connectivity index (χ3n) is 2.92. The van der Waals surface area contributed by atoms with Gasteiger partial charge in [0.15, 0.2) is 0 Å². The van der Waals surface area contributed by atoms with Gasteiger partial charge in [-0.05, 0) is 0 Å². The summed E-state index contributed by atoms with van der Waals surface area (Å²) in [5.74, 6) is 2.40. The molecule has 1 heterocycles. The Morgan fingerprint density at radius 1 is 0.632 bits per heavy atom. The van der Waals surface area contributed by atoms with Crippen molar-refractivity contribution in [2.75, 3.05) is 7.11 Å². The SMILES string of the molecule is CO[C](=[W])c1c(C)c(C)cp1-c1ccccc1.[C-]#[O+].[C-]#[O+].[C-]#[O+].[C-]#[O+].[C-]#[O+].[C-]#[O+].[C-]#[O+].[C-]#[O+].[C-]#[O+].[C-]#[O+].[W]. The van der Waals surface area contributed by atoms with Crippen LogP contribution >= 0.6 is 7.53 Å². The van der Waals surface area contributed by atoms with Gasteiger partial charge < -0.3 is 0 Å². The van der Waals surface area contributed by atoms with Gasteiger partial charge in [-0.3, -0.25) is 0 Å². The van der Waals surface area contributed by atoms with Crippen LogP contribution in [0.4, 0.5) is 0 Å². The Balaban J connectivity index is -0.0000000397. The Labute approximate surface area is 247 Å². The average Bonchev–Trinajstić information content (AvgIpc) is 3.36. The van der Waals surface area contributed by atoms with Gasteiger partial charge in [0.25, 0.3) is 0 Å².